The van der Waals surface area contributed by atoms with Gasteiger partial charge in [0.1, 0.15) is 18.2 Å². The molecule has 1 aliphatic heterocycles. The SMILES string of the molecule is C[C@H](Cc1nccc(N2C(=O)OC[C@@H]2[C@@H](C)N)n1)c1cn(-c2ccc(Cl)cc2)cn1. The third-order valence-corrected chi connectivity index (χ3v) is 5.42. The smallest absolute Gasteiger partial charge is 0.415 e. The number of imidazole rings is 1. The third kappa shape index (κ3) is 4.15. The second kappa shape index (κ2) is 8.41. The maximum Gasteiger partial charge on any atom is 0.415 e. The fourth-order valence-corrected chi connectivity index (χ4v) is 3.56. The van der Waals surface area contributed by atoms with Gasteiger partial charge in [-0.3, -0.25) is 4.90 Å². The molecule has 0 unspecified atom stereocenters. The molecule has 3 aromatic rings. The first-order valence-electron chi connectivity index (χ1n) is 9.75. The number of hydrogen-bond acceptors (Lipinski definition) is 6. The molecule has 0 saturated carbocycles. The lowest BCUT2D eigenvalue weighted by molar-refractivity contribution is 0.178. The molecule has 1 amide bonds. The summed E-state index contributed by atoms with van der Waals surface area (Å²) in [6.45, 7) is 4.18. The summed E-state index contributed by atoms with van der Waals surface area (Å²) in [5, 5.41) is 0.692. The van der Waals surface area contributed by atoms with E-state index in [1.54, 1.807) is 18.6 Å². The Bertz CT molecular complexity index is 1040. The molecule has 0 bridgehead atoms. The molecular formula is C21H23ClN6O2. The van der Waals surface area contributed by atoms with Gasteiger partial charge in [-0.15, -0.1) is 0 Å². The molecule has 3 heterocycles. The van der Waals surface area contributed by atoms with Crippen LogP contribution in [0, 0.1) is 0 Å². The highest BCUT2D eigenvalue weighted by Gasteiger charge is 2.37. The van der Waals surface area contributed by atoms with Crippen LogP contribution < -0.4 is 10.6 Å². The molecule has 9 heteroatoms. The Morgan fingerprint density at radius 2 is 2.00 bits per heavy atom. The Kier molecular flexibility index (Phi) is 5.69. The number of benzene rings is 1. The summed E-state index contributed by atoms with van der Waals surface area (Å²) < 4.78 is 7.11. The summed E-state index contributed by atoms with van der Waals surface area (Å²) in [6.07, 6.45) is 5.57. The minimum Gasteiger partial charge on any atom is -0.447 e. The average Bonchev–Trinajstić information content (AvgIpc) is 3.36. The molecule has 1 aliphatic rings. The van der Waals surface area contributed by atoms with Gasteiger partial charge in [-0.2, -0.15) is 0 Å². The highest BCUT2D eigenvalue weighted by Crippen LogP contribution is 2.24. The molecule has 1 saturated heterocycles. The van der Waals surface area contributed by atoms with E-state index in [0.29, 0.717) is 23.1 Å². The Morgan fingerprint density at radius 1 is 1.23 bits per heavy atom. The molecule has 30 heavy (non-hydrogen) atoms. The van der Waals surface area contributed by atoms with Gasteiger partial charge in [-0.05, 0) is 37.3 Å². The predicted octanol–water partition coefficient (Wildman–Crippen LogP) is 3.33. The highest BCUT2D eigenvalue weighted by atomic mass is 35.5. The van der Waals surface area contributed by atoms with Crippen molar-refractivity contribution in [1.82, 2.24) is 19.5 Å². The number of rotatable bonds is 6. The van der Waals surface area contributed by atoms with Crippen molar-refractivity contribution in [3.63, 3.8) is 0 Å². The first-order chi connectivity index (χ1) is 14.4. The second-order valence-corrected chi connectivity index (χ2v) is 7.93. The van der Waals surface area contributed by atoms with E-state index in [0.717, 1.165) is 11.4 Å². The van der Waals surface area contributed by atoms with E-state index in [1.165, 1.54) is 4.90 Å². The fourth-order valence-electron chi connectivity index (χ4n) is 3.43. The lowest BCUT2D eigenvalue weighted by Gasteiger charge is -2.23. The minimum absolute atomic E-state index is 0.0866. The summed E-state index contributed by atoms with van der Waals surface area (Å²) in [5.41, 5.74) is 7.91. The molecule has 1 fully saturated rings. The molecular weight excluding hydrogens is 404 g/mol. The Hall–Kier alpha value is -2.97. The molecule has 4 rings (SSSR count). The fraction of sp³-hybridized carbons (Fsp3) is 0.333. The van der Waals surface area contributed by atoms with Crippen LogP contribution in [0.3, 0.4) is 0 Å². The van der Waals surface area contributed by atoms with Gasteiger partial charge >= 0.3 is 6.09 Å². The Balaban J connectivity index is 1.50. The van der Waals surface area contributed by atoms with Crippen LogP contribution in [0.25, 0.3) is 5.69 Å². The van der Waals surface area contributed by atoms with Gasteiger partial charge in [0.05, 0.1) is 18.1 Å². The van der Waals surface area contributed by atoms with Gasteiger partial charge < -0.3 is 15.0 Å². The van der Waals surface area contributed by atoms with Crippen molar-refractivity contribution in [2.45, 2.75) is 38.3 Å². The summed E-state index contributed by atoms with van der Waals surface area (Å²) in [5.74, 6) is 1.22. The lowest BCUT2D eigenvalue weighted by Crippen LogP contribution is -2.45. The van der Waals surface area contributed by atoms with Gasteiger partial charge in [0.25, 0.3) is 0 Å². The normalized spacial score (nSPS) is 18.3. The first-order valence-corrected chi connectivity index (χ1v) is 10.1. The number of ether oxygens (including phenoxy) is 1. The molecule has 3 atom stereocenters. The number of amides is 1. The van der Waals surface area contributed by atoms with Crippen LogP contribution >= 0.6 is 11.6 Å². The molecule has 1 aromatic carbocycles. The number of aromatic nitrogens is 4. The molecule has 156 valence electrons. The quantitative estimate of drug-likeness (QED) is 0.649. The van der Waals surface area contributed by atoms with Gasteiger partial charge in [-0.1, -0.05) is 18.5 Å². The van der Waals surface area contributed by atoms with Gasteiger partial charge in [-0.25, -0.2) is 19.7 Å². The van der Waals surface area contributed by atoms with Crippen LogP contribution in [-0.4, -0.2) is 44.3 Å². The summed E-state index contributed by atoms with van der Waals surface area (Å²) in [4.78, 5) is 27.2. The zero-order valence-corrected chi connectivity index (χ0v) is 17.5. The van der Waals surface area contributed by atoms with E-state index in [1.807, 2.05) is 42.0 Å². The van der Waals surface area contributed by atoms with Crippen LogP contribution in [0.1, 0.15) is 31.3 Å². The van der Waals surface area contributed by atoms with Crippen molar-refractivity contribution in [1.29, 1.82) is 0 Å². The van der Waals surface area contributed by atoms with Crippen molar-refractivity contribution in [3.8, 4) is 5.69 Å². The number of nitrogens with zero attached hydrogens (tertiary/aromatic N) is 5. The van der Waals surface area contributed by atoms with Crippen LogP contribution in [0.4, 0.5) is 10.6 Å². The van der Waals surface area contributed by atoms with Crippen molar-refractivity contribution < 1.29 is 9.53 Å². The first kappa shape index (κ1) is 20.3. The summed E-state index contributed by atoms with van der Waals surface area (Å²) in [6, 6.07) is 8.80. The van der Waals surface area contributed by atoms with Crippen LogP contribution in [0.2, 0.25) is 5.02 Å². The van der Waals surface area contributed by atoms with Crippen molar-refractivity contribution >= 4 is 23.5 Å². The van der Waals surface area contributed by atoms with E-state index >= 15 is 0 Å². The number of anilines is 1. The maximum absolute atomic E-state index is 12.2. The predicted molar refractivity (Wildman–Crippen MR) is 114 cm³/mol. The van der Waals surface area contributed by atoms with E-state index in [2.05, 4.69) is 21.9 Å². The van der Waals surface area contributed by atoms with Crippen LogP contribution in [-0.2, 0) is 11.2 Å². The van der Waals surface area contributed by atoms with E-state index in [4.69, 9.17) is 22.1 Å². The third-order valence-electron chi connectivity index (χ3n) is 5.17. The average molecular weight is 427 g/mol. The number of nitrogens with two attached hydrogens (primary N) is 1. The number of carbonyl (C=O) groups excluding carboxylic acids is 1. The lowest BCUT2D eigenvalue weighted by atomic mass is 10.0. The number of carbonyl (C=O) groups is 1. The Labute approximate surface area is 179 Å². The zero-order valence-electron chi connectivity index (χ0n) is 16.8. The van der Waals surface area contributed by atoms with Crippen molar-refractivity contribution in [3.05, 3.63) is 65.6 Å². The van der Waals surface area contributed by atoms with E-state index < -0.39 is 6.09 Å². The van der Waals surface area contributed by atoms with Gasteiger partial charge in [0.15, 0.2) is 0 Å². The van der Waals surface area contributed by atoms with Crippen LogP contribution in [0.15, 0.2) is 49.1 Å². The minimum atomic E-state index is -0.434. The Morgan fingerprint density at radius 3 is 2.73 bits per heavy atom. The molecule has 2 N–H and O–H groups in total. The number of halogens is 1. The zero-order chi connectivity index (χ0) is 21.3. The summed E-state index contributed by atoms with van der Waals surface area (Å²) >= 11 is 5.96. The number of hydrogen-bond donors (Lipinski definition) is 1. The largest absolute Gasteiger partial charge is 0.447 e. The van der Waals surface area contributed by atoms with E-state index in [-0.39, 0.29) is 24.6 Å². The van der Waals surface area contributed by atoms with Crippen molar-refractivity contribution in [2.75, 3.05) is 11.5 Å². The summed E-state index contributed by atoms with van der Waals surface area (Å²) in [7, 11) is 0. The van der Waals surface area contributed by atoms with Crippen molar-refractivity contribution in [2.24, 2.45) is 5.73 Å². The standard InChI is InChI=1S/C21H23ClN6O2/c1-13(17-10-27(12-25-17)16-5-3-15(22)4-6-16)9-19-24-8-7-20(26-19)28-18(14(2)23)11-30-21(28)29/h3-8,10,12-14,18H,9,11,23H2,1-2H3/t13-,14-,18-/m1/s1. The molecule has 8 nitrogen and oxygen atoms in total. The van der Waals surface area contributed by atoms with Gasteiger partial charge in [0, 0.05) is 41.5 Å². The van der Waals surface area contributed by atoms with E-state index in [9.17, 15) is 4.79 Å². The monoisotopic (exact) mass is 426 g/mol. The highest BCUT2D eigenvalue weighted by molar-refractivity contribution is 6.30. The topological polar surface area (TPSA) is 99.2 Å². The molecule has 0 aliphatic carbocycles. The van der Waals surface area contributed by atoms with Crippen LogP contribution in [0.5, 0.6) is 0 Å². The number of cyclic esters (lactones) is 1. The maximum atomic E-state index is 12.2. The van der Waals surface area contributed by atoms with Gasteiger partial charge in [0.2, 0.25) is 0 Å². The second-order valence-electron chi connectivity index (χ2n) is 7.49. The molecule has 0 spiro atoms. The molecule has 0 radical (unpaired) electrons. The molecule has 2 aromatic heterocycles.